The predicted molar refractivity (Wildman–Crippen MR) is 93.6 cm³/mol. The van der Waals surface area contributed by atoms with Gasteiger partial charge >= 0.3 is 0 Å². The number of carbonyl (C=O) groups excluding carboxylic acids is 2. The molecular formula is C19H22ClNO2. The van der Waals surface area contributed by atoms with Gasteiger partial charge in [-0.2, -0.15) is 0 Å². The van der Waals surface area contributed by atoms with Crippen molar-refractivity contribution in [2.45, 2.75) is 40.0 Å². The Labute approximate surface area is 142 Å². The second kappa shape index (κ2) is 7.14. The van der Waals surface area contributed by atoms with Gasteiger partial charge in [0.1, 0.15) is 0 Å². The van der Waals surface area contributed by atoms with Gasteiger partial charge in [-0.1, -0.05) is 24.9 Å². The summed E-state index contributed by atoms with van der Waals surface area (Å²) in [6, 6.07) is 6.83. The molecule has 1 aromatic carbocycles. The molecule has 3 nitrogen and oxygen atoms in total. The summed E-state index contributed by atoms with van der Waals surface area (Å²) in [7, 11) is 1.84. The third-order valence-corrected chi connectivity index (χ3v) is 4.54. The highest BCUT2D eigenvalue weighted by atomic mass is 35.5. The second-order valence-electron chi connectivity index (χ2n) is 5.86. The van der Waals surface area contributed by atoms with Crippen LogP contribution in [0.1, 0.15) is 63.9 Å². The number of halogens is 1. The zero-order chi connectivity index (χ0) is 17.1. The highest BCUT2D eigenvalue weighted by molar-refractivity contribution is 6.30. The SMILES string of the molecule is CCCCC(=O)c1c(C)c(C(=O)c2ccc(Cl)cc2)n(C)c1C. The van der Waals surface area contributed by atoms with Crippen molar-refractivity contribution < 1.29 is 9.59 Å². The number of aromatic nitrogens is 1. The molecule has 0 radical (unpaired) electrons. The molecule has 0 aliphatic heterocycles. The number of rotatable bonds is 6. The van der Waals surface area contributed by atoms with Gasteiger partial charge in [0, 0.05) is 35.3 Å². The molecule has 4 heteroatoms. The highest BCUT2D eigenvalue weighted by Crippen LogP contribution is 2.26. The van der Waals surface area contributed by atoms with Crippen molar-refractivity contribution in [2.24, 2.45) is 7.05 Å². The monoisotopic (exact) mass is 331 g/mol. The second-order valence-corrected chi connectivity index (χ2v) is 6.29. The Morgan fingerprint density at radius 3 is 2.30 bits per heavy atom. The van der Waals surface area contributed by atoms with Crippen molar-refractivity contribution in [1.29, 1.82) is 0 Å². The van der Waals surface area contributed by atoms with Crippen LogP contribution in [0.25, 0.3) is 0 Å². The van der Waals surface area contributed by atoms with E-state index in [1.54, 1.807) is 24.3 Å². The van der Waals surface area contributed by atoms with Crippen LogP contribution in [0.3, 0.4) is 0 Å². The maximum atomic E-state index is 12.8. The minimum absolute atomic E-state index is 0.0840. The van der Waals surface area contributed by atoms with E-state index in [1.165, 1.54) is 0 Å². The molecule has 122 valence electrons. The first-order valence-corrected chi connectivity index (χ1v) is 8.25. The minimum atomic E-state index is -0.0840. The third-order valence-electron chi connectivity index (χ3n) is 4.29. The number of benzene rings is 1. The largest absolute Gasteiger partial charge is 0.344 e. The molecule has 0 saturated carbocycles. The smallest absolute Gasteiger partial charge is 0.209 e. The van der Waals surface area contributed by atoms with Gasteiger partial charge in [-0.25, -0.2) is 0 Å². The van der Waals surface area contributed by atoms with E-state index in [0.717, 1.165) is 24.1 Å². The van der Waals surface area contributed by atoms with Crippen LogP contribution in [0.4, 0.5) is 0 Å². The van der Waals surface area contributed by atoms with E-state index in [9.17, 15) is 9.59 Å². The van der Waals surface area contributed by atoms with Gasteiger partial charge in [-0.15, -0.1) is 0 Å². The lowest BCUT2D eigenvalue weighted by Gasteiger charge is -2.06. The molecule has 2 aromatic rings. The molecule has 1 heterocycles. The van der Waals surface area contributed by atoms with E-state index in [-0.39, 0.29) is 11.6 Å². The first kappa shape index (κ1) is 17.5. The summed E-state index contributed by atoms with van der Waals surface area (Å²) in [5.74, 6) is 0.0342. The van der Waals surface area contributed by atoms with E-state index in [1.807, 2.05) is 25.5 Å². The molecule has 1 aromatic heterocycles. The van der Waals surface area contributed by atoms with E-state index in [0.29, 0.717) is 28.3 Å². The van der Waals surface area contributed by atoms with Gasteiger partial charge in [0.2, 0.25) is 5.78 Å². The summed E-state index contributed by atoms with van der Waals surface area (Å²) in [6.07, 6.45) is 2.37. The highest BCUT2D eigenvalue weighted by Gasteiger charge is 2.25. The molecule has 0 amide bonds. The molecule has 0 aliphatic rings. The first-order valence-electron chi connectivity index (χ1n) is 7.87. The Kier molecular flexibility index (Phi) is 5.42. The number of hydrogen-bond acceptors (Lipinski definition) is 2. The van der Waals surface area contributed by atoms with Crippen LogP contribution in [0, 0.1) is 13.8 Å². The van der Waals surface area contributed by atoms with Crippen molar-refractivity contribution in [3.05, 3.63) is 57.4 Å². The van der Waals surface area contributed by atoms with Crippen molar-refractivity contribution in [2.75, 3.05) is 0 Å². The number of nitrogens with zero attached hydrogens (tertiary/aromatic N) is 1. The topological polar surface area (TPSA) is 39.1 Å². The molecule has 0 spiro atoms. The van der Waals surface area contributed by atoms with Crippen LogP contribution in [0.2, 0.25) is 5.02 Å². The van der Waals surface area contributed by atoms with Crippen LogP contribution in [-0.4, -0.2) is 16.1 Å². The van der Waals surface area contributed by atoms with E-state index in [2.05, 4.69) is 6.92 Å². The summed E-state index contributed by atoms with van der Waals surface area (Å²) < 4.78 is 1.82. The molecular weight excluding hydrogens is 310 g/mol. The number of unbranched alkanes of at least 4 members (excludes halogenated alkanes) is 1. The fourth-order valence-corrected chi connectivity index (χ4v) is 3.04. The first-order chi connectivity index (χ1) is 10.9. The summed E-state index contributed by atoms with van der Waals surface area (Å²) >= 11 is 5.88. The van der Waals surface area contributed by atoms with Crippen molar-refractivity contribution in [3.63, 3.8) is 0 Å². The van der Waals surface area contributed by atoms with Crippen LogP contribution in [0.5, 0.6) is 0 Å². The number of hydrogen-bond donors (Lipinski definition) is 0. The van der Waals surface area contributed by atoms with Crippen molar-refractivity contribution in [1.82, 2.24) is 4.57 Å². The molecule has 0 atom stereocenters. The van der Waals surface area contributed by atoms with Crippen LogP contribution in [0.15, 0.2) is 24.3 Å². The Morgan fingerprint density at radius 1 is 1.13 bits per heavy atom. The van der Waals surface area contributed by atoms with Gasteiger partial charge in [-0.05, 0) is 50.1 Å². The lowest BCUT2D eigenvalue weighted by molar-refractivity contribution is 0.0978. The maximum Gasteiger partial charge on any atom is 0.209 e. The van der Waals surface area contributed by atoms with E-state index < -0.39 is 0 Å². The number of Topliss-reactive ketones (excluding diaryl/α,β-unsaturated/α-hetero) is 1. The molecule has 0 saturated heterocycles. The molecule has 0 bridgehead atoms. The quantitative estimate of drug-likeness (QED) is 0.706. The fourth-order valence-electron chi connectivity index (χ4n) is 2.91. The van der Waals surface area contributed by atoms with Crippen LogP contribution < -0.4 is 0 Å². The standard InChI is InChI=1S/C19H22ClNO2/c1-5-6-7-16(22)17-12(2)18(21(4)13(17)3)19(23)14-8-10-15(20)11-9-14/h8-11H,5-7H2,1-4H3. The molecule has 2 rings (SSSR count). The third kappa shape index (κ3) is 3.40. The molecule has 0 N–H and O–H groups in total. The van der Waals surface area contributed by atoms with Crippen molar-refractivity contribution >= 4 is 23.2 Å². The van der Waals surface area contributed by atoms with Gasteiger partial charge in [0.25, 0.3) is 0 Å². The van der Waals surface area contributed by atoms with Gasteiger partial charge in [-0.3, -0.25) is 9.59 Å². The Hall–Kier alpha value is -1.87. The summed E-state index contributed by atoms with van der Waals surface area (Å²) in [5.41, 5.74) is 3.46. The lowest BCUT2D eigenvalue weighted by Crippen LogP contribution is -2.09. The fraction of sp³-hybridized carbons (Fsp3) is 0.368. The molecule has 0 aliphatic carbocycles. The average molecular weight is 332 g/mol. The van der Waals surface area contributed by atoms with Crippen molar-refractivity contribution in [3.8, 4) is 0 Å². The normalized spacial score (nSPS) is 10.8. The Bertz CT molecular complexity index is 742. The zero-order valence-electron chi connectivity index (χ0n) is 14.1. The van der Waals surface area contributed by atoms with Crippen LogP contribution in [-0.2, 0) is 7.05 Å². The summed E-state index contributed by atoms with van der Waals surface area (Å²) in [6.45, 7) is 5.81. The van der Waals surface area contributed by atoms with Gasteiger partial charge in [0.15, 0.2) is 5.78 Å². The van der Waals surface area contributed by atoms with Gasteiger partial charge < -0.3 is 4.57 Å². The number of carbonyl (C=O) groups is 2. The lowest BCUT2D eigenvalue weighted by atomic mass is 9.99. The summed E-state index contributed by atoms with van der Waals surface area (Å²) in [5, 5.41) is 0.594. The predicted octanol–water partition coefficient (Wildman–Crippen LogP) is 4.90. The zero-order valence-corrected chi connectivity index (χ0v) is 14.8. The van der Waals surface area contributed by atoms with E-state index >= 15 is 0 Å². The summed E-state index contributed by atoms with van der Waals surface area (Å²) in [4.78, 5) is 25.3. The van der Waals surface area contributed by atoms with Gasteiger partial charge in [0.05, 0.1) is 5.69 Å². The molecule has 0 fully saturated rings. The Morgan fingerprint density at radius 2 is 1.74 bits per heavy atom. The Balaban J connectivity index is 2.46. The maximum absolute atomic E-state index is 12.8. The molecule has 23 heavy (non-hydrogen) atoms. The average Bonchev–Trinajstić information content (AvgIpc) is 2.75. The van der Waals surface area contributed by atoms with Crippen LogP contribution >= 0.6 is 11.6 Å². The number of ketones is 2. The minimum Gasteiger partial charge on any atom is -0.344 e. The van der Waals surface area contributed by atoms with E-state index in [4.69, 9.17) is 11.6 Å². The molecule has 0 unspecified atom stereocenters.